The summed E-state index contributed by atoms with van der Waals surface area (Å²) in [5, 5.41) is 2.33. The molecule has 21 heavy (non-hydrogen) atoms. The van der Waals surface area contributed by atoms with Gasteiger partial charge in [-0.3, -0.25) is 4.98 Å². The van der Waals surface area contributed by atoms with Gasteiger partial charge in [0.15, 0.2) is 0 Å². The monoisotopic (exact) mass is 284 g/mol. The molecule has 0 bridgehead atoms. The highest BCUT2D eigenvalue weighted by molar-refractivity contribution is 5.85. The van der Waals surface area contributed by atoms with Gasteiger partial charge in [0.05, 0.1) is 11.6 Å². The molecule has 2 aromatic rings. The summed E-state index contributed by atoms with van der Waals surface area (Å²) in [6, 6.07) is 8.17. The Kier molecular flexibility index (Phi) is 3.96. The predicted octanol–water partition coefficient (Wildman–Crippen LogP) is 3.83. The average molecular weight is 284 g/mol. The smallest absolute Gasteiger partial charge is 0.0873 e. The fraction of sp³-hybridized carbons (Fsp3) is 0.500. The van der Waals surface area contributed by atoms with Crippen LogP contribution in [0.2, 0.25) is 0 Å². The van der Waals surface area contributed by atoms with Gasteiger partial charge >= 0.3 is 0 Å². The van der Waals surface area contributed by atoms with Crippen LogP contribution in [0.5, 0.6) is 0 Å². The van der Waals surface area contributed by atoms with E-state index in [0.29, 0.717) is 5.92 Å². The van der Waals surface area contributed by atoms with Gasteiger partial charge in [-0.15, -0.1) is 0 Å². The molecule has 1 aliphatic rings. The number of benzene rings is 1. The Morgan fingerprint density at radius 1 is 1.33 bits per heavy atom. The molecule has 112 valence electrons. The first-order valence-electron chi connectivity index (χ1n) is 7.80. The van der Waals surface area contributed by atoms with E-state index in [2.05, 4.69) is 30.1 Å². The molecule has 1 fully saturated rings. The van der Waals surface area contributed by atoms with E-state index in [1.807, 2.05) is 18.5 Å². The maximum absolute atomic E-state index is 6.68. The van der Waals surface area contributed by atoms with Crippen LogP contribution in [-0.2, 0) is 4.74 Å². The molecule has 2 N–H and O–H groups in total. The highest BCUT2D eigenvalue weighted by Gasteiger charge is 2.41. The first-order valence-corrected chi connectivity index (χ1v) is 7.80. The van der Waals surface area contributed by atoms with Crippen molar-refractivity contribution in [2.24, 2.45) is 11.7 Å². The van der Waals surface area contributed by atoms with Crippen molar-refractivity contribution in [3.63, 3.8) is 0 Å². The van der Waals surface area contributed by atoms with Crippen LogP contribution in [0, 0.1) is 5.92 Å². The number of aromatic nitrogens is 1. The lowest BCUT2D eigenvalue weighted by Gasteiger charge is -2.43. The second kappa shape index (κ2) is 5.74. The summed E-state index contributed by atoms with van der Waals surface area (Å²) in [6.07, 6.45) is 8.31. The highest BCUT2D eigenvalue weighted by Crippen LogP contribution is 2.43. The van der Waals surface area contributed by atoms with E-state index in [1.54, 1.807) is 7.11 Å². The predicted molar refractivity (Wildman–Crippen MR) is 86.0 cm³/mol. The van der Waals surface area contributed by atoms with Crippen LogP contribution < -0.4 is 5.73 Å². The molecule has 3 rings (SSSR count). The van der Waals surface area contributed by atoms with Gasteiger partial charge in [0.2, 0.25) is 0 Å². The van der Waals surface area contributed by atoms with Crippen molar-refractivity contribution in [1.82, 2.24) is 4.98 Å². The van der Waals surface area contributed by atoms with Crippen LogP contribution in [-0.4, -0.2) is 17.7 Å². The lowest BCUT2D eigenvalue weighted by atomic mass is 9.73. The van der Waals surface area contributed by atoms with E-state index in [9.17, 15) is 0 Å². The maximum atomic E-state index is 6.68. The molecule has 3 atom stereocenters. The third kappa shape index (κ3) is 2.56. The zero-order valence-corrected chi connectivity index (χ0v) is 12.9. The summed E-state index contributed by atoms with van der Waals surface area (Å²) in [5.41, 5.74) is 7.52. The summed E-state index contributed by atoms with van der Waals surface area (Å²) in [7, 11) is 1.80. The van der Waals surface area contributed by atoms with E-state index in [4.69, 9.17) is 10.5 Å². The van der Waals surface area contributed by atoms with E-state index < -0.39 is 0 Å². The first-order chi connectivity index (χ1) is 10.2. The molecule has 0 aliphatic heterocycles. The lowest BCUT2D eigenvalue weighted by molar-refractivity contribution is -0.0715. The molecule has 3 nitrogen and oxygen atoms in total. The quantitative estimate of drug-likeness (QED) is 0.931. The van der Waals surface area contributed by atoms with E-state index in [-0.39, 0.29) is 11.6 Å². The Morgan fingerprint density at radius 3 is 2.90 bits per heavy atom. The van der Waals surface area contributed by atoms with E-state index in [1.165, 1.54) is 18.2 Å². The van der Waals surface area contributed by atoms with Gasteiger partial charge in [-0.05, 0) is 29.7 Å². The maximum Gasteiger partial charge on any atom is 0.0873 e. The van der Waals surface area contributed by atoms with Crippen molar-refractivity contribution < 1.29 is 4.74 Å². The number of rotatable bonds is 3. The molecule has 3 heteroatoms. The van der Waals surface area contributed by atoms with Crippen LogP contribution in [0.15, 0.2) is 36.7 Å². The van der Waals surface area contributed by atoms with Gasteiger partial charge in [0, 0.05) is 24.9 Å². The van der Waals surface area contributed by atoms with E-state index >= 15 is 0 Å². The summed E-state index contributed by atoms with van der Waals surface area (Å²) < 4.78 is 5.96. The van der Waals surface area contributed by atoms with Crippen LogP contribution >= 0.6 is 0 Å². The summed E-state index contributed by atoms with van der Waals surface area (Å²) in [4.78, 5) is 4.38. The number of nitrogens with two attached hydrogens (primary N) is 1. The van der Waals surface area contributed by atoms with Gasteiger partial charge in [-0.1, -0.05) is 44.0 Å². The van der Waals surface area contributed by atoms with Crippen molar-refractivity contribution in [3.8, 4) is 0 Å². The number of ether oxygens (including phenoxy) is 1. The summed E-state index contributed by atoms with van der Waals surface area (Å²) >= 11 is 0. The normalized spacial score (nSPS) is 27.7. The zero-order chi connectivity index (χ0) is 14.9. The Labute approximate surface area is 126 Å². The number of fused-ring (bicyclic) bond motifs is 1. The standard InChI is InChI=1S/C18H24N2O/c1-13-6-5-9-18(10-13,21-2)17(19)16-12-20-11-14-7-3-4-8-15(14)16/h3-4,7-8,11-13,17H,5-6,9-10,19H2,1-2H3. The molecule has 3 unspecified atom stereocenters. The molecular formula is C18H24N2O. The fourth-order valence-corrected chi connectivity index (χ4v) is 3.81. The fourth-order valence-electron chi connectivity index (χ4n) is 3.81. The molecule has 0 spiro atoms. The molecule has 0 saturated heterocycles. The third-order valence-electron chi connectivity index (χ3n) is 5.00. The molecule has 0 radical (unpaired) electrons. The lowest BCUT2D eigenvalue weighted by Crippen LogP contribution is -2.46. The minimum atomic E-state index is -0.260. The Bertz CT molecular complexity index is 622. The molecule has 1 aromatic carbocycles. The van der Waals surface area contributed by atoms with Crippen molar-refractivity contribution in [3.05, 3.63) is 42.2 Å². The Hall–Kier alpha value is -1.45. The second-order valence-electron chi connectivity index (χ2n) is 6.40. The molecule has 1 aromatic heterocycles. The van der Waals surface area contributed by atoms with Gasteiger partial charge in [-0.25, -0.2) is 0 Å². The zero-order valence-electron chi connectivity index (χ0n) is 12.9. The summed E-state index contributed by atoms with van der Waals surface area (Å²) in [6.45, 7) is 2.29. The number of nitrogens with zero attached hydrogens (tertiary/aromatic N) is 1. The van der Waals surface area contributed by atoms with Crippen molar-refractivity contribution in [2.75, 3.05) is 7.11 Å². The number of methoxy groups -OCH3 is 1. The summed E-state index contributed by atoms with van der Waals surface area (Å²) in [5.74, 6) is 0.660. The SMILES string of the molecule is COC1(C(N)c2cncc3ccccc23)CCCC(C)C1. The topological polar surface area (TPSA) is 48.1 Å². The van der Waals surface area contributed by atoms with E-state index in [0.717, 1.165) is 23.8 Å². The van der Waals surface area contributed by atoms with Crippen molar-refractivity contribution >= 4 is 10.8 Å². The van der Waals surface area contributed by atoms with Gasteiger partial charge in [-0.2, -0.15) is 0 Å². The van der Waals surface area contributed by atoms with Gasteiger partial charge < -0.3 is 10.5 Å². The van der Waals surface area contributed by atoms with Gasteiger partial charge in [0.25, 0.3) is 0 Å². The molecule has 1 aliphatic carbocycles. The molecular weight excluding hydrogens is 260 g/mol. The van der Waals surface area contributed by atoms with Crippen molar-refractivity contribution in [2.45, 2.75) is 44.2 Å². The van der Waals surface area contributed by atoms with Crippen LogP contribution in [0.3, 0.4) is 0 Å². The van der Waals surface area contributed by atoms with Crippen LogP contribution in [0.25, 0.3) is 10.8 Å². The van der Waals surface area contributed by atoms with Crippen molar-refractivity contribution in [1.29, 1.82) is 0 Å². The first kappa shape index (κ1) is 14.5. The number of hydrogen-bond donors (Lipinski definition) is 1. The number of hydrogen-bond acceptors (Lipinski definition) is 3. The van der Waals surface area contributed by atoms with Crippen LogP contribution in [0.1, 0.15) is 44.2 Å². The van der Waals surface area contributed by atoms with Gasteiger partial charge in [0.1, 0.15) is 0 Å². The van der Waals surface area contributed by atoms with Crippen LogP contribution in [0.4, 0.5) is 0 Å². The highest BCUT2D eigenvalue weighted by atomic mass is 16.5. The number of pyridine rings is 1. The largest absolute Gasteiger partial charge is 0.376 e. The molecule has 1 heterocycles. The Balaban J connectivity index is 2.04. The molecule has 1 saturated carbocycles. The minimum Gasteiger partial charge on any atom is -0.376 e. The average Bonchev–Trinajstić information content (AvgIpc) is 2.53. The second-order valence-corrected chi connectivity index (χ2v) is 6.40. The minimum absolute atomic E-state index is 0.135. The third-order valence-corrected chi connectivity index (χ3v) is 5.00. The molecule has 0 amide bonds. The Morgan fingerprint density at radius 2 is 2.14 bits per heavy atom.